The minimum atomic E-state index is -0.606. The van der Waals surface area contributed by atoms with Crippen molar-refractivity contribution in [2.45, 2.75) is 12.9 Å². The molecule has 0 amide bonds. The molecule has 0 saturated carbocycles. The van der Waals surface area contributed by atoms with Gasteiger partial charge in [0.05, 0.1) is 29.2 Å². The van der Waals surface area contributed by atoms with Crippen molar-refractivity contribution < 1.29 is 19.1 Å². The number of methoxy groups -OCH3 is 1. The molecule has 0 N–H and O–H groups in total. The second-order valence-electron chi connectivity index (χ2n) is 6.33. The molecule has 1 aliphatic heterocycles. The molecule has 0 saturated heterocycles. The largest absolute Gasteiger partial charge is 0.458 e. The van der Waals surface area contributed by atoms with Crippen LogP contribution in [-0.4, -0.2) is 23.6 Å². The van der Waals surface area contributed by atoms with Crippen LogP contribution in [0, 0.1) is 10.1 Å². The van der Waals surface area contributed by atoms with E-state index < -0.39 is 11.2 Å². The highest BCUT2D eigenvalue weighted by Crippen LogP contribution is 2.39. The highest BCUT2D eigenvalue weighted by atomic mass is 16.7. The molecule has 1 unspecified atom stereocenters. The van der Waals surface area contributed by atoms with Gasteiger partial charge in [0.25, 0.3) is 5.69 Å². The lowest BCUT2D eigenvalue weighted by atomic mass is 10.1. The molecule has 1 aliphatic rings. The molecule has 4 rings (SSSR count). The first-order valence-electron chi connectivity index (χ1n) is 8.76. The Morgan fingerprint density at radius 1 is 1.21 bits per heavy atom. The van der Waals surface area contributed by atoms with Gasteiger partial charge in [0.2, 0.25) is 6.29 Å². The average Bonchev–Trinajstić information content (AvgIpc) is 3.06. The molecular formula is C21H18N2O5. The van der Waals surface area contributed by atoms with E-state index in [1.807, 2.05) is 36.4 Å². The van der Waals surface area contributed by atoms with Gasteiger partial charge < -0.3 is 14.2 Å². The van der Waals surface area contributed by atoms with Gasteiger partial charge in [-0.1, -0.05) is 18.2 Å². The predicted molar refractivity (Wildman–Crippen MR) is 103 cm³/mol. The Labute approximate surface area is 161 Å². The lowest BCUT2D eigenvalue weighted by molar-refractivity contribution is -0.384. The standard InChI is InChI=1S/C21H18N2O5/c1-26-11-10-19-20-17(12-15-4-2-3-5-18(15)22-20)21(28-19)27-13-14-6-8-16(9-7-14)23(24)25/h2-10,12,21H,11,13H2,1H3/b19-10-. The van der Waals surface area contributed by atoms with Gasteiger partial charge in [-0.3, -0.25) is 10.1 Å². The van der Waals surface area contributed by atoms with Gasteiger partial charge in [-0.2, -0.15) is 0 Å². The highest BCUT2D eigenvalue weighted by molar-refractivity contribution is 5.82. The second-order valence-corrected chi connectivity index (χ2v) is 6.33. The van der Waals surface area contributed by atoms with Crippen LogP contribution in [-0.2, 0) is 20.8 Å². The number of rotatable bonds is 6. The Bertz CT molecular complexity index is 1050. The monoisotopic (exact) mass is 378 g/mol. The lowest BCUT2D eigenvalue weighted by Gasteiger charge is -2.13. The van der Waals surface area contributed by atoms with Crippen molar-refractivity contribution in [1.82, 2.24) is 4.98 Å². The van der Waals surface area contributed by atoms with E-state index in [2.05, 4.69) is 0 Å². The summed E-state index contributed by atoms with van der Waals surface area (Å²) in [5.74, 6) is 0.622. The van der Waals surface area contributed by atoms with Gasteiger partial charge in [0.1, 0.15) is 11.5 Å². The third-order valence-electron chi connectivity index (χ3n) is 4.46. The molecule has 2 aromatic carbocycles. The number of ether oxygens (including phenoxy) is 3. The minimum absolute atomic E-state index is 0.0478. The molecule has 0 spiro atoms. The summed E-state index contributed by atoms with van der Waals surface area (Å²) >= 11 is 0. The summed E-state index contributed by atoms with van der Waals surface area (Å²) in [7, 11) is 1.61. The topological polar surface area (TPSA) is 83.7 Å². The van der Waals surface area contributed by atoms with E-state index in [-0.39, 0.29) is 12.3 Å². The predicted octanol–water partition coefficient (Wildman–Crippen LogP) is 4.38. The van der Waals surface area contributed by atoms with Crippen LogP contribution in [0.25, 0.3) is 16.7 Å². The van der Waals surface area contributed by atoms with E-state index in [1.165, 1.54) is 12.1 Å². The lowest BCUT2D eigenvalue weighted by Crippen LogP contribution is -2.03. The van der Waals surface area contributed by atoms with Crippen molar-refractivity contribution in [2.24, 2.45) is 0 Å². The fraction of sp³-hybridized carbons (Fsp3) is 0.190. The summed E-state index contributed by atoms with van der Waals surface area (Å²) in [6.45, 7) is 0.658. The number of non-ortho nitro benzene ring substituents is 1. The quantitative estimate of drug-likeness (QED) is 0.468. The van der Waals surface area contributed by atoms with Crippen molar-refractivity contribution in [1.29, 1.82) is 0 Å². The van der Waals surface area contributed by atoms with Crippen LogP contribution in [0.4, 0.5) is 5.69 Å². The number of benzene rings is 2. The summed E-state index contributed by atoms with van der Waals surface area (Å²) < 4.78 is 17.1. The molecule has 3 aromatic rings. The fourth-order valence-electron chi connectivity index (χ4n) is 3.06. The fourth-order valence-corrected chi connectivity index (χ4v) is 3.06. The van der Waals surface area contributed by atoms with E-state index in [4.69, 9.17) is 19.2 Å². The van der Waals surface area contributed by atoms with E-state index in [1.54, 1.807) is 19.2 Å². The summed E-state index contributed by atoms with van der Waals surface area (Å²) in [5, 5.41) is 11.8. The summed E-state index contributed by atoms with van der Waals surface area (Å²) in [4.78, 5) is 15.1. The number of para-hydroxylation sites is 1. The van der Waals surface area contributed by atoms with Gasteiger partial charge in [-0.15, -0.1) is 0 Å². The molecule has 0 aliphatic carbocycles. The molecule has 7 nitrogen and oxygen atoms in total. The van der Waals surface area contributed by atoms with E-state index in [0.29, 0.717) is 12.4 Å². The van der Waals surface area contributed by atoms with Gasteiger partial charge in [0.15, 0.2) is 0 Å². The van der Waals surface area contributed by atoms with Gasteiger partial charge in [-0.25, -0.2) is 4.98 Å². The summed E-state index contributed by atoms with van der Waals surface area (Å²) in [6.07, 6.45) is 1.22. The molecule has 142 valence electrons. The zero-order valence-corrected chi connectivity index (χ0v) is 15.2. The van der Waals surface area contributed by atoms with Crippen LogP contribution < -0.4 is 0 Å². The Morgan fingerprint density at radius 2 is 2.00 bits per heavy atom. The maximum absolute atomic E-state index is 10.8. The second kappa shape index (κ2) is 7.75. The normalized spacial score (nSPS) is 16.9. The minimum Gasteiger partial charge on any atom is -0.458 e. The maximum atomic E-state index is 10.8. The average molecular weight is 378 g/mol. The van der Waals surface area contributed by atoms with E-state index >= 15 is 0 Å². The number of fused-ring (bicyclic) bond motifs is 2. The smallest absolute Gasteiger partial charge is 0.269 e. The highest BCUT2D eigenvalue weighted by Gasteiger charge is 2.30. The zero-order chi connectivity index (χ0) is 19.5. The molecule has 1 atom stereocenters. The first-order chi connectivity index (χ1) is 13.7. The van der Waals surface area contributed by atoms with Crippen molar-refractivity contribution in [3.63, 3.8) is 0 Å². The number of pyridine rings is 1. The van der Waals surface area contributed by atoms with Crippen molar-refractivity contribution in [3.05, 3.63) is 87.6 Å². The van der Waals surface area contributed by atoms with Crippen molar-refractivity contribution in [3.8, 4) is 0 Å². The van der Waals surface area contributed by atoms with Crippen LogP contribution in [0.15, 0.2) is 60.7 Å². The number of nitro benzene ring substituents is 1. The van der Waals surface area contributed by atoms with Crippen LogP contribution in [0.1, 0.15) is 23.1 Å². The number of aromatic nitrogens is 1. The summed E-state index contributed by atoms with van der Waals surface area (Å²) in [5.41, 5.74) is 3.34. The van der Waals surface area contributed by atoms with Crippen molar-refractivity contribution in [2.75, 3.05) is 13.7 Å². The third kappa shape index (κ3) is 3.58. The number of nitrogens with zero attached hydrogens (tertiary/aromatic N) is 2. The first-order valence-corrected chi connectivity index (χ1v) is 8.76. The first kappa shape index (κ1) is 18.1. The molecule has 2 heterocycles. The molecule has 0 radical (unpaired) electrons. The number of hydrogen-bond donors (Lipinski definition) is 0. The SMILES string of the molecule is COC/C=C1\OC(OCc2ccc([N+](=O)[O-])cc2)c2cc3ccccc3nc21. The van der Waals surface area contributed by atoms with Crippen molar-refractivity contribution >= 4 is 22.3 Å². The number of nitro groups is 1. The van der Waals surface area contributed by atoms with E-state index in [0.717, 1.165) is 27.7 Å². The Kier molecular flexibility index (Phi) is 5.01. The zero-order valence-electron chi connectivity index (χ0n) is 15.2. The van der Waals surface area contributed by atoms with Gasteiger partial charge in [0, 0.05) is 24.6 Å². The van der Waals surface area contributed by atoms with Crippen LogP contribution in [0.5, 0.6) is 0 Å². The van der Waals surface area contributed by atoms with Crippen LogP contribution in [0.2, 0.25) is 0 Å². The van der Waals surface area contributed by atoms with Crippen LogP contribution in [0.3, 0.4) is 0 Å². The molecule has 7 heteroatoms. The maximum Gasteiger partial charge on any atom is 0.269 e. The van der Waals surface area contributed by atoms with Crippen LogP contribution >= 0.6 is 0 Å². The van der Waals surface area contributed by atoms with Gasteiger partial charge in [-0.05, 0) is 35.9 Å². The Morgan fingerprint density at radius 3 is 2.75 bits per heavy atom. The Hall–Kier alpha value is -3.29. The number of hydrogen-bond acceptors (Lipinski definition) is 6. The molecular weight excluding hydrogens is 360 g/mol. The molecule has 28 heavy (non-hydrogen) atoms. The van der Waals surface area contributed by atoms with E-state index in [9.17, 15) is 10.1 Å². The summed E-state index contributed by atoms with van der Waals surface area (Å²) in [6, 6.07) is 16.1. The molecule has 1 aromatic heterocycles. The molecule has 0 bridgehead atoms. The Balaban J connectivity index is 1.60. The molecule has 0 fully saturated rings. The van der Waals surface area contributed by atoms with Gasteiger partial charge >= 0.3 is 0 Å². The third-order valence-corrected chi connectivity index (χ3v) is 4.46.